The normalized spacial score (nSPS) is 19.1. The van der Waals surface area contributed by atoms with Crippen molar-refractivity contribution >= 4 is 5.91 Å². The van der Waals surface area contributed by atoms with E-state index in [2.05, 4.69) is 5.32 Å². The Labute approximate surface area is 120 Å². The molecule has 1 heterocycles. The van der Waals surface area contributed by atoms with Gasteiger partial charge in [0.25, 0.3) is 0 Å². The summed E-state index contributed by atoms with van der Waals surface area (Å²) in [6.07, 6.45) is 4.64. The number of amides is 1. The van der Waals surface area contributed by atoms with Crippen LogP contribution in [0.4, 0.5) is 4.39 Å². The number of carbonyl (C=O) groups is 1. The fraction of sp³-hybridized carbons (Fsp3) is 0.562. The maximum atomic E-state index is 13.2. The van der Waals surface area contributed by atoms with Gasteiger partial charge >= 0.3 is 0 Å². The molecule has 1 N–H and O–H groups in total. The fourth-order valence-corrected chi connectivity index (χ4v) is 2.86. The molecule has 1 aromatic rings. The molecule has 110 valence electrons. The highest BCUT2D eigenvalue weighted by Gasteiger charge is 2.26. The molecule has 1 amide bonds. The summed E-state index contributed by atoms with van der Waals surface area (Å²) in [5, 5.41) is 3.14. The Balaban J connectivity index is 1.98. The van der Waals surface area contributed by atoms with Crippen molar-refractivity contribution in [3.8, 4) is 0 Å². The van der Waals surface area contributed by atoms with E-state index in [1.807, 2.05) is 18.0 Å². The molecule has 1 aliphatic heterocycles. The largest absolute Gasteiger partial charge is 0.339 e. The zero-order valence-electron chi connectivity index (χ0n) is 12.1. The van der Waals surface area contributed by atoms with Crippen LogP contribution in [0.2, 0.25) is 0 Å². The second kappa shape index (κ2) is 7.39. The third kappa shape index (κ3) is 4.04. The topological polar surface area (TPSA) is 32.3 Å². The fourth-order valence-electron chi connectivity index (χ4n) is 2.86. The Kier molecular flexibility index (Phi) is 5.53. The van der Waals surface area contributed by atoms with Gasteiger partial charge < -0.3 is 10.2 Å². The number of carbonyl (C=O) groups excluding carboxylic acids is 1. The molecule has 1 fully saturated rings. The van der Waals surface area contributed by atoms with E-state index in [-0.39, 0.29) is 11.7 Å². The average Bonchev–Trinajstić information content (AvgIpc) is 2.45. The second-order valence-electron chi connectivity index (χ2n) is 5.44. The Hall–Kier alpha value is -1.42. The van der Waals surface area contributed by atoms with Gasteiger partial charge in [0.05, 0.1) is 6.42 Å². The SMILES string of the molecule is CNCCC1CCCCN1C(=O)Cc1cccc(F)c1. The first-order valence-corrected chi connectivity index (χ1v) is 7.39. The van der Waals surface area contributed by atoms with E-state index in [1.165, 1.54) is 18.6 Å². The number of likely N-dealkylation sites (tertiary alicyclic amines) is 1. The summed E-state index contributed by atoms with van der Waals surface area (Å²) in [6.45, 7) is 1.76. The lowest BCUT2D eigenvalue weighted by Gasteiger charge is -2.36. The van der Waals surface area contributed by atoms with Gasteiger partial charge in [-0.05, 0) is 57.0 Å². The molecule has 4 heteroatoms. The second-order valence-corrected chi connectivity index (χ2v) is 5.44. The zero-order chi connectivity index (χ0) is 14.4. The van der Waals surface area contributed by atoms with Crippen LogP contribution in [-0.4, -0.2) is 37.0 Å². The van der Waals surface area contributed by atoms with E-state index in [0.29, 0.717) is 12.5 Å². The lowest BCUT2D eigenvalue weighted by atomic mass is 9.98. The maximum Gasteiger partial charge on any atom is 0.227 e. The molecule has 0 aromatic heterocycles. The van der Waals surface area contributed by atoms with Crippen LogP contribution in [0.1, 0.15) is 31.2 Å². The highest BCUT2D eigenvalue weighted by molar-refractivity contribution is 5.79. The minimum atomic E-state index is -0.277. The van der Waals surface area contributed by atoms with Crippen LogP contribution >= 0.6 is 0 Å². The van der Waals surface area contributed by atoms with Crippen LogP contribution in [0, 0.1) is 5.82 Å². The standard InChI is InChI=1S/C16H23FN2O/c1-18-9-8-15-7-2-3-10-19(15)16(20)12-13-5-4-6-14(17)11-13/h4-6,11,15,18H,2-3,7-10,12H2,1H3. The van der Waals surface area contributed by atoms with E-state index in [1.54, 1.807) is 6.07 Å². The quantitative estimate of drug-likeness (QED) is 0.896. The number of benzene rings is 1. The van der Waals surface area contributed by atoms with Crippen LogP contribution in [0.3, 0.4) is 0 Å². The monoisotopic (exact) mass is 278 g/mol. The molecule has 2 rings (SSSR count). The van der Waals surface area contributed by atoms with E-state index in [0.717, 1.165) is 37.9 Å². The molecule has 0 spiro atoms. The lowest BCUT2D eigenvalue weighted by molar-refractivity contribution is -0.134. The summed E-state index contributed by atoms with van der Waals surface area (Å²) < 4.78 is 13.2. The predicted octanol–water partition coefficient (Wildman–Crippen LogP) is 2.36. The molecule has 1 saturated heterocycles. The summed E-state index contributed by atoms with van der Waals surface area (Å²) in [6, 6.07) is 6.66. The molecule has 0 bridgehead atoms. The number of hydrogen-bond acceptors (Lipinski definition) is 2. The number of hydrogen-bond donors (Lipinski definition) is 1. The molecular weight excluding hydrogens is 255 g/mol. The summed E-state index contributed by atoms with van der Waals surface area (Å²) in [4.78, 5) is 14.4. The maximum absolute atomic E-state index is 13.2. The molecular formula is C16H23FN2O. The molecule has 0 aliphatic carbocycles. The minimum absolute atomic E-state index is 0.122. The van der Waals surface area contributed by atoms with Gasteiger partial charge in [-0.2, -0.15) is 0 Å². The highest BCUT2D eigenvalue weighted by atomic mass is 19.1. The Morgan fingerprint density at radius 2 is 2.30 bits per heavy atom. The van der Waals surface area contributed by atoms with E-state index in [4.69, 9.17) is 0 Å². The summed E-state index contributed by atoms with van der Waals surface area (Å²) in [5.41, 5.74) is 0.757. The lowest BCUT2D eigenvalue weighted by Crippen LogP contribution is -2.45. The van der Waals surface area contributed by atoms with Crippen molar-refractivity contribution < 1.29 is 9.18 Å². The van der Waals surface area contributed by atoms with Gasteiger partial charge in [0, 0.05) is 12.6 Å². The third-order valence-electron chi connectivity index (χ3n) is 3.92. The summed E-state index contributed by atoms with van der Waals surface area (Å²) >= 11 is 0. The smallest absolute Gasteiger partial charge is 0.227 e. The Morgan fingerprint density at radius 1 is 1.45 bits per heavy atom. The van der Waals surface area contributed by atoms with E-state index in [9.17, 15) is 9.18 Å². The van der Waals surface area contributed by atoms with Crippen molar-refractivity contribution in [3.05, 3.63) is 35.6 Å². The zero-order valence-corrected chi connectivity index (χ0v) is 12.1. The minimum Gasteiger partial charge on any atom is -0.339 e. The number of halogens is 1. The van der Waals surface area contributed by atoms with Crippen molar-refractivity contribution in [2.24, 2.45) is 0 Å². The van der Waals surface area contributed by atoms with Crippen molar-refractivity contribution in [2.75, 3.05) is 20.1 Å². The van der Waals surface area contributed by atoms with Crippen LogP contribution in [0.25, 0.3) is 0 Å². The number of nitrogens with one attached hydrogen (secondary N) is 1. The van der Waals surface area contributed by atoms with Crippen molar-refractivity contribution in [1.82, 2.24) is 10.2 Å². The van der Waals surface area contributed by atoms with Gasteiger partial charge in [-0.15, -0.1) is 0 Å². The van der Waals surface area contributed by atoms with Gasteiger partial charge in [0.1, 0.15) is 5.82 Å². The van der Waals surface area contributed by atoms with Gasteiger partial charge in [-0.3, -0.25) is 4.79 Å². The number of rotatable bonds is 5. The predicted molar refractivity (Wildman–Crippen MR) is 78.0 cm³/mol. The van der Waals surface area contributed by atoms with Crippen molar-refractivity contribution in [3.63, 3.8) is 0 Å². The van der Waals surface area contributed by atoms with Gasteiger partial charge in [-0.25, -0.2) is 4.39 Å². The Morgan fingerprint density at radius 3 is 3.05 bits per heavy atom. The van der Waals surface area contributed by atoms with Crippen LogP contribution in [0.5, 0.6) is 0 Å². The molecule has 1 atom stereocenters. The molecule has 3 nitrogen and oxygen atoms in total. The first-order valence-electron chi connectivity index (χ1n) is 7.39. The number of nitrogens with zero attached hydrogens (tertiary/aromatic N) is 1. The van der Waals surface area contributed by atoms with Crippen LogP contribution in [-0.2, 0) is 11.2 Å². The first kappa shape index (κ1) is 15.0. The van der Waals surface area contributed by atoms with Gasteiger partial charge in [0.2, 0.25) is 5.91 Å². The highest BCUT2D eigenvalue weighted by Crippen LogP contribution is 2.20. The molecule has 20 heavy (non-hydrogen) atoms. The van der Waals surface area contributed by atoms with E-state index >= 15 is 0 Å². The van der Waals surface area contributed by atoms with Crippen molar-refractivity contribution in [1.29, 1.82) is 0 Å². The first-order chi connectivity index (χ1) is 9.70. The molecule has 1 unspecified atom stereocenters. The van der Waals surface area contributed by atoms with Gasteiger partial charge in [0.15, 0.2) is 0 Å². The number of piperidine rings is 1. The van der Waals surface area contributed by atoms with E-state index < -0.39 is 0 Å². The summed E-state index contributed by atoms with van der Waals surface area (Å²) in [7, 11) is 1.93. The Bertz CT molecular complexity index is 450. The van der Waals surface area contributed by atoms with Crippen LogP contribution < -0.4 is 5.32 Å². The third-order valence-corrected chi connectivity index (χ3v) is 3.92. The van der Waals surface area contributed by atoms with Gasteiger partial charge in [-0.1, -0.05) is 12.1 Å². The van der Waals surface area contributed by atoms with Crippen LogP contribution in [0.15, 0.2) is 24.3 Å². The average molecular weight is 278 g/mol. The summed E-state index contributed by atoms with van der Waals surface area (Å²) in [5.74, 6) is -0.155. The van der Waals surface area contributed by atoms with Crippen molar-refractivity contribution in [2.45, 2.75) is 38.1 Å². The molecule has 1 aromatic carbocycles. The molecule has 0 saturated carbocycles. The molecule has 0 radical (unpaired) electrons. The molecule has 1 aliphatic rings.